The van der Waals surface area contributed by atoms with Crippen LogP contribution in [0.25, 0.3) is 0 Å². The van der Waals surface area contributed by atoms with Gasteiger partial charge in [0.25, 0.3) is 0 Å². The summed E-state index contributed by atoms with van der Waals surface area (Å²) in [5.41, 5.74) is 0.505. The lowest BCUT2D eigenvalue weighted by Gasteiger charge is -2.38. The summed E-state index contributed by atoms with van der Waals surface area (Å²) in [4.78, 5) is 7.10. The van der Waals surface area contributed by atoms with E-state index in [2.05, 4.69) is 36.6 Å². The lowest BCUT2D eigenvalue weighted by Crippen LogP contribution is -2.42. The molecule has 1 saturated carbocycles. The summed E-state index contributed by atoms with van der Waals surface area (Å²) in [6.45, 7) is 4.55. The van der Waals surface area contributed by atoms with Crippen LogP contribution in [-0.4, -0.2) is 32.9 Å². The molecule has 106 valence electrons. The van der Waals surface area contributed by atoms with E-state index in [1.165, 1.54) is 57.4 Å². The summed E-state index contributed by atoms with van der Waals surface area (Å²) in [6, 6.07) is 0. The Morgan fingerprint density at radius 2 is 1.95 bits per heavy atom. The van der Waals surface area contributed by atoms with Crippen molar-refractivity contribution in [2.75, 3.05) is 18.4 Å². The fourth-order valence-corrected chi connectivity index (χ4v) is 4.38. The molecule has 19 heavy (non-hydrogen) atoms. The van der Waals surface area contributed by atoms with Crippen LogP contribution in [0, 0.1) is 5.41 Å². The zero-order valence-electron chi connectivity index (χ0n) is 11.7. The molecule has 2 heterocycles. The maximum absolute atomic E-state index is 4.48. The van der Waals surface area contributed by atoms with E-state index in [-0.39, 0.29) is 0 Å². The highest BCUT2D eigenvalue weighted by molar-refractivity contribution is 9.09. The molecule has 1 aromatic heterocycles. The third-order valence-corrected chi connectivity index (χ3v) is 6.02. The van der Waals surface area contributed by atoms with Crippen LogP contribution in [0.1, 0.15) is 44.3 Å². The molecule has 2 aliphatic rings. The summed E-state index contributed by atoms with van der Waals surface area (Å²) in [6.07, 6.45) is 12.5. The fourth-order valence-electron chi connectivity index (χ4n) is 3.65. The topological polar surface area (TPSA) is 21.1 Å². The molecule has 3 rings (SSSR count). The smallest absolute Gasteiger partial charge is 0.122 e. The summed E-state index contributed by atoms with van der Waals surface area (Å²) in [7, 11) is 0. The Kier molecular flexibility index (Phi) is 4.27. The Hall–Kier alpha value is -0.350. The number of hydrogen-bond acceptors (Lipinski definition) is 2. The van der Waals surface area contributed by atoms with E-state index in [1.807, 2.05) is 6.20 Å². The summed E-state index contributed by atoms with van der Waals surface area (Å²) in [5.74, 6) is 1.24. The quantitative estimate of drug-likeness (QED) is 0.627. The largest absolute Gasteiger partial charge is 0.333 e. The maximum atomic E-state index is 4.48. The second-order valence-corrected chi connectivity index (χ2v) is 6.86. The molecule has 0 bridgehead atoms. The first-order valence-corrected chi connectivity index (χ1v) is 8.72. The molecule has 3 nitrogen and oxygen atoms in total. The molecule has 0 saturated heterocycles. The van der Waals surface area contributed by atoms with Crippen molar-refractivity contribution in [3.8, 4) is 0 Å². The minimum absolute atomic E-state index is 0.505. The number of fused-ring (bicyclic) bond motifs is 1. The van der Waals surface area contributed by atoms with Crippen LogP contribution < -0.4 is 0 Å². The molecule has 1 aliphatic heterocycles. The Morgan fingerprint density at radius 1 is 1.16 bits per heavy atom. The van der Waals surface area contributed by atoms with Gasteiger partial charge in [-0.3, -0.25) is 4.90 Å². The van der Waals surface area contributed by atoms with Gasteiger partial charge in [-0.1, -0.05) is 41.6 Å². The van der Waals surface area contributed by atoms with E-state index < -0.39 is 0 Å². The van der Waals surface area contributed by atoms with Crippen molar-refractivity contribution in [1.82, 2.24) is 14.5 Å². The van der Waals surface area contributed by atoms with Gasteiger partial charge in [-0.15, -0.1) is 0 Å². The van der Waals surface area contributed by atoms with Crippen LogP contribution in [0.4, 0.5) is 0 Å². The number of imidazole rings is 1. The van der Waals surface area contributed by atoms with Gasteiger partial charge in [0.05, 0.1) is 6.54 Å². The summed E-state index contributed by atoms with van der Waals surface area (Å²) in [5, 5.41) is 1.16. The van der Waals surface area contributed by atoms with Crippen molar-refractivity contribution in [2.24, 2.45) is 5.41 Å². The second-order valence-electron chi connectivity index (χ2n) is 6.30. The van der Waals surface area contributed by atoms with Gasteiger partial charge >= 0.3 is 0 Å². The minimum Gasteiger partial charge on any atom is -0.333 e. The molecule has 1 aromatic rings. The lowest BCUT2D eigenvalue weighted by atomic mass is 9.82. The monoisotopic (exact) mass is 325 g/mol. The van der Waals surface area contributed by atoms with Crippen molar-refractivity contribution in [1.29, 1.82) is 0 Å². The molecule has 4 heteroatoms. The van der Waals surface area contributed by atoms with Gasteiger partial charge < -0.3 is 4.57 Å². The minimum atomic E-state index is 0.505. The molecule has 1 aliphatic carbocycles. The zero-order chi connectivity index (χ0) is 13.1. The average molecular weight is 326 g/mol. The van der Waals surface area contributed by atoms with E-state index in [0.717, 1.165) is 18.4 Å². The van der Waals surface area contributed by atoms with Crippen LogP contribution in [0.3, 0.4) is 0 Å². The van der Waals surface area contributed by atoms with Crippen molar-refractivity contribution < 1.29 is 0 Å². The third kappa shape index (κ3) is 3.05. The molecular formula is C15H24BrN3. The van der Waals surface area contributed by atoms with Crippen LogP contribution in [-0.2, 0) is 13.1 Å². The van der Waals surface area contributed by atoms with Gasteiger partial charge in [0.15, 0.2) is 0 Å². The van der Waals surface area contributed by atoms with Gasteiger partial charge in [-0.25, -0.2) is 4.98 Å². The molecule has 0 aromatic carbocycles. The molecule has 1 fully saturated rings. The SMILES string of the molecule is BrCC1(CN2CCn3ccnc3C2)CCCCCC1. The summed E-state index contributed by atoms with van der Waals surface area (Å²) < 4.78 is 2.30. The number of nitrogens with zero attached hydrogens (tertiary/aromatic N) is 3. The first-order valence-electron chi connectivity index (χ1n) is 7.60. The lowest BCUT2D eigenvalue weighted by molar-refractivity contribution is 0.124. The zero-order valence-corrected chi connectivity index (χ0v) is 13.2. The van der Waals surface area contributed by atoms with Crippen LogP contribution in [0.5, 0.6) is 0 Å². The van der Waals surface area contributed by atoms with E-state index >= 15 is 0 Å². The highest BCUT2D eigenvalue weighted by Gasteiger charge is 2.33. The predicted molar refractivity (Wildman–Crippen MR) is 81.4 cm³/mol. The normalized spacial score (nSPS) is 23.8. The Bertz CT molecular complexity index is 407. The molecule has 0 spiro atoms. The second kappa shape index (κ2) is 5.96. The first kappa shape index (κ1) is 13.6. The highest BCUT2D eigenvalue weighted by atomic mass is 79.9. The fraction of sp³-hybridized carbons (Fsp3) is 0.800. The van der Waals surface area contributed by atoms with Gasteiger partial charge in [-0.05, 0) is 18.3 Å². The van der Waals surface area contributed by atoms with E-state index in [1.54, 1.807) is 0 Å². The molecule has 0 radical (unpaired) electrons. The molecule has 0 amide bonds. The van der Waals surface area contributed by atoms with Crippen molar-refractivity contribution in [2.45, 2.75) is 51.6 Å². The Balaban J connectivity index is 1.66. The molecule has 0 unspecified atom stereocenters. The van der Waals surface area contributed by atoms with Gasteiger partial charge in [0, 0.05) is 37.4 Å². The van der Waals surface area contributed by atoms with Crippen LogP contribution in [0.15, 0.2) is 12.4 Å². The van der Waals surface area contributed by atoms with E-state index in [9.17, 15) is 0 Å². The number of halogens is 1. The van der Waals surface area contributed by atoms with Crippen LogP contribution in [0.2, 0.25) is 0 Å². The number of alkyl halides is 1. The van der Waals surface area contributed by atoms with Crippen molar-refractivity contribution in [3.63, 3.8) is 0 Å². The first-order chi connectivity index (χ1) is 9.31. The maximum Gasteiger partial charge on any atom is 0.122 e. The van der Waals surface area contributed by atoms with Gasteiger partial charge in [-0.2, -0.15) is 0 Å². The molecule has 0 atom stereocenters. The summed E-state index contributed by atoms with van der Waals surface area (Å²) >= 11 is 3.81. The van der Waals surface area contributed by atoms with E-state index in [0.29, 0.717) is 5.41 Å². The van der Waals surface area contributed by atoms with Crippen molar-refractivity contribution >= 4 is 15.9 Å². The molecule has 0 N–H and O–H groups in total. The third-order valence-electron chi connectivity index (χ3n) is 4.83. The predicted octanol–water partition coefficient (Wildman–Crippen LogP) is 3.43. The average Bonchev–Trinajstić information content (AvgIpc) is 2.77. The highest BCUT2D eigenvalue weighted by Crippen LogP contribution is 2.38. The van der Waals surface area contributed by atoms with Crippen molar-refractivity contribution in [3.05, 3.63) is 18.2 Å². The van der Waals surface area contributed by atoms with Gasteiger partial charge in [0.1, 0.15) is 5.82 Å². The molecular weight excluding hydrogens is 302 g/mol. The standard InChI is InChI=1S/C15H24BrN3/c16-12-15(5-3-1-2-4-6-15)13-18-9-10-19-8-7-17-14(19)11-18/h7-8H,1-6,9-13H2. The Morgan fingerprint density at radius 3 is 2.68 bits per heavy atom. The number of aromatic nitrogens is 2. The van der Waals surface area contributed by atoms with Gasteiger partial charge in [0.2, 0.25) is 0 Å². The number of hydrogen-bond donors (Lipinski definition) is 0. The van der Waals surface area contributed by atoms with E-state index in [4.69, 9.17) is 0 Å². The van der Waals surface area contributed by atoms with Crippen LogP contribution >= 0.6 is 15.9 Å². The Labute approximate surface area is 124 Å². The number of rotatable bonds is 3.